The zero-order valence-electron chi connectivity index (χ0n) is 32.8. The second-order valence-corrected chi connectivity index (χ2v) is 17.5. The highest BCUT2D eigenvalue weighted by Crippen LogP contribution is 2.41. The molecule has 1 unspecified atom stereocenters. The quantitative estimate of drug-likeness (QED) is 0.129. The minimum absolute atomic E-state index is 0.0594. The van der Waals surface area contributed by atoms with Crippen LogP contribution in [0.1, 0.15) is 100 Å². The third kappa shape index (κ3) is 7.06. The molecule has 0 bridgehead atoms. The van der Waals surface area contributed by atoms with Crippen LogP contribution < -0.4 is 15.6 Å². The lowest BCUT2D eigenvalue weighted by Gasteiger charge is -2.31. The van der Waals surface area contributed by atoms with E-state index < -0.39 is 11.6 Å². The summed E-state index contributed by atoms with van der Waals surface area (Å²) in [6.45, 7) is 4.86. The number of thioether (sulfide) groups is 1. The Hall–Kier alpha value is -4.56. The van der Waals surface area contributed by atoms with Crippen molar-refractivity contribution in [3.8, 4) is 17.1 Å². The number of nitrogens with one attached hydrogen (secondary N) is 1. The normalized spacial score (nSPS) is 26.8. The smallest absolute Gasteiger partial charge is 0.343 e. The molecule has 3 amide bonds. The molecule has 3 aromatic rings. The van der Waals surface area contributed by atoms with Gasteiger partial charge in [0.1, 0.15) is 12.4 Å². The van der Waals surface area contributed by atoms with Crippen molar-refractivity contribution in [1.29, 1.82) is 0 Å². The van der Waals surface area contributed by atoms with E-state index in [1.165, 1.54) is 16.7 Å². The molecule has 1 aromatic carbocycles. The first kappa shape index (κ1) is 39.3. The number of pyridine rings is 2. The Morgan fingerprint density at radius 1 is 0.982 bits per heavy atom. The van der Waals surface area contributed by atoms with E-state index in [1.54, 1.807) is 23.6 Å². The molecule has 2 saturated carbocycles. The molecule has 5 heterocycles. The van der Waals surface area contributed by atoms with Gasteiger partial charge >= 0.3 is 11.9 Å². The van der Waals surface area contributed by atoms with E-state index in [1.807, 2.05) is 25.3 Å². The van der Waals surface area contributed by atoms with E-state index in [2.05, 4.69) is 5.32 Å². The number of benzene rings is 1. The molecule has 2 atom stereocenters. The number of aryl methyl sites for hydroxylation is 1. The highest BCUT2D eigenvalue weighted by molar-refractivity contribution is 8.00. The van der Waals surface area contributed by atoms with Crippen molar-refractivity contribution in [2.75, 3.05) is 19.3 Å². The first-order valence-electron chi connectivity index (χ1n) is 20.4. The summed E-state index contributed by atoms with van der Waals surface area (Å²) in [5, 5.41) is 15.0. The van der Waals surface area contributed by atoms with Gasteiger partial charge in [0.05, 0.1) is 40.2 Å². The van der Waals surface area contributed by atoms with Crippen LogP contribution in [0.2, 0.25) is 0 Å². The summed E-state index contributed by atoms with van der Waals surface area (Å²) in [6, 6.07) is 7.11. The molecule has 2 aliphatic carbocycles. The minimum Gasteiger partial charge on any atom is -0.458 e. The van der Waals surface area contributed by atoms with Gasteiger partial charge in [-0.05, 0) is 112 Å². The lowest BCUT2D eigenvalue weighted by Crippen LogP contribution is -2.44. The number of hydrogen-bond acceptors (Lipinski definition) is 11. The molecule has 57 heavy (non-hydrogen) atoms. The van der Waals surface area contributed by atoms with Gasteiger partial charge in [0.2, 0.25) is 17.7 Å². The van der Waals surface area contributed by atoms with Crippen molar-refractivity contribution in [2.45, 2.75) is 108 Å². The van der Waals surface area contributed by atoms with Gasteiger partial charge in [-0.2, -0.15) is 11.8 Å². The molecule has 14 heteroatoms. The number of amides is 3. The lowest BCUT2D eigenvalue weighted by molar-refractivity contribution is -0.172. The Morgan fingerprint density at radius 2 is 1.70 bits per heavy atom. The zero-order chi connectivity index (χ0) is 40.2. The third-order valence-corrected chi connectivity index (χ3v) is 14.2. The van der Waals surface area contributed by atoms with Crippen molar-refractivity contribution in [2.24, 2.45) is 23.7 Å². The number of ether oxygens (including phenoxy) is 2. The van der Waals surface area contributed by atoms with E-state index in [-0.39, 0.29) is 88.7 Å². The standard InChI is InChI=1S/C43H50N4O9S/c1-4-28-29-16-27(14-15-33(29)45-37-30(28)21-46-34(37)17-32-31(39(46)50)22-55-42(53)43(32,54)5-2)56-41(52)26-12-6-23(7-13-26)19-44-38(49)25-10-8-24(9-11-25)20-47-36(48)18-35(57-3)40(47)51/h14-17,23-26,35,54H,4-13,18-22H2,1-3H3,(H,44,49)/t23?,24?,25?,26?,35?,43-/m0/s1. The fourth-order valence-corrected chi connectivity index (χ4v) is 10.3. The summed E-state index contributed by atoms with van der Waals surface area (Å²) < 4.78 is 12.8. The van der Waals surface area contributed by atoms with Crippen LogP contribution in [0.15, 0.2) is 29.1 Å². The van der Waals surface area contributed by atoms with Gasteiger partial charge < -0.3 is 24.5 Å². The van der Waals surface area contributed by atoms with E-state index in [0.717, 1.165) is 55.0 Å². The Kier molecular flexibility index (Phi) is 10.8. The van der Waals surface area contributed by atoms with E-state index in [0.29, 0.717) is 61.6 Å². The fourth-order valence-electron chi connectivity index (χ4n) is 9.69. The molecule has 302 valence electrons. The average molecular weight is 799 g/mol. The first-order valence-corrected chi connectivity index (χ1v) is 21.7. The zero-order valence-corrected chi connectivity index (χ0v) is 33.6. The van der Waals surface area contributed by atoms with Crippen molar-refractivity contribution in [3.05, 3.63) is 56.9 Å². The number of rotatable bonds is 10. The monoisotopic (exact) mass is 798 g/mol. The van der Waals surface area contributed by atoms with E-state index in [9.17, 15) is 33.9 Å². The molecule has 0 spiro atoms. The number of aromatic nitrogens is 2. The molecule has 8 rings (SSSR count). The molecular weight excluding hydrogens is 749 g/mol. The van der Waals surface area contributed by atoms with Crippen LogP contribution in [0.3, 0.4) is 0 Å². The summed E-state index contributed by atoms with van der Waals surface area (Å²) in [5.41, 5.74) is 2.09. The molecule has 3 aliphatic heterocycles. The van der Waals surface area contributed by atoms with Crippen LogP contribution in [0.5, 0.6) is 5.75 Å². The summed E-state index contributed by atoms with van der Waals surface area (Å²) in [4.78, 5) is 84.0. The predicted octanol–water partition coefficient (Wildman–Crippen LogP) is 4.77. The SMILES string of the molecule is CCc1c2c(nc3ccc(OC(=O)C4CCC(CNC(=O)C5CCC(CN6C(=O)CC(SC)C6=O)CC5)CC4)cc13)-c1cc3c(c(=O)n1C2)COC(=O)[C@]3(O)CC. The van der Waals surface area contributed by atoms with Crippen LogP contribution in [0.25, 0.3) is 22.3 Å². The minimum atomic E-state index is -1.90. The Bertz CT molecular complexity index is 2220. The van der Waals surface area contributed by atoms with Crippen molar-refractivity contribution in [1.82, 2.24) is 19.8 Å². The summed E-state index contributed by atoms with van der Waals surface area (Å²) in [5.74, 6) is -0.457. The van der Waals surface area contributed by atoms with Crippen molar-refractivity contribution >= 4 is 52.3 Å². The molecule has 1 saturated heterocycles. The molecule has 0 radical (unpaired) electrons. The fraction of sp³-hybridized carbons (Fsp3) is 0.558. The summed E-state index contributed by atoms with van der Waals surface area (Å²) in [6.07, 6.45) is 9.00. The molecule has 2 aromatic heterocycles. The topological polar surface area (TPSA) is 174 Å². The highest BCUT2D eigenvalue weighted by Gasteiger charge is 2.46. The van der Waals surface area contributed by atoms with Gasteiger partial charge in [-0.1, -0.05) is 13.8 Å². The number of nitrogens with zero attached hydrogens (tertiary/aromatic N) is 3. The van der Waals surface area contributed by atoms with Crippen LogP contribution >= 0.6 is 11.8 Å². The maximum absolute atomic E-state index is 13.7. The predicted molar refractivity (Wildman–Crippen MR) is 212 cm³/mol. The molecule has 3 fully saturated rings. The van der Waals surface area contributed by atoms with Gasteiger partial charge in [-0.15, -0.1) is 0 Å². The second kappa shape index (κ2) is 15.7. The number of likely N-dealkylation sites (tertiary alicyclic amines) is 1. The number of fused-ring (bicyclic) bond motifs is 5. The van der Waals surface area contributed by atoms with Crippen LogP contribution in [-0.4, -0.2) is 73.8 Å². The number of carbonyl (C=O) groups is 5. The Labute approximate surface area is 335 Å². The third-order valence-electron chi connectivity index (χ3n) is 13.2. The number of imide groups is 1. The molecular formula is C43H50N4O9S. The number of aliphatic hydroxyl groups is 1. The molecule has 13 nitrogen and oxygen atoms in total. The van der Waals surface area contributed by atoms with Crippen LogP contribution in [0.4, 0.5) is 0 Å². The maximum Gasteiger partial charge on any atom is 0.343 e. The number of hydrogen-bond donors (Lipinski definition) is 2. The van der Waals surface area contributed by atoms with Gasteiger partial charge in [0.15, 0.2) is 5.60 Å². The molecule has 2 N–H and O–H groups in total. The van der Waals surface area contributed by atoms with Crippen molar-refractivity contribution < 1.29 is 38.6 Å². The second-order valence-electron chi connectivity index (χ2n) is 16.4. The maximum atomic E-state index is 13.7. The Morgan fingerprint density at radius 3 is 2.39 bits per heavy atom. The summed E-state index contributed by atoms with van der Waals surface area (Å²) >= 11 is 1.43. The Balaban J connectivity index is 0.852. The lowest BCUT2D eigenvalue weighted by atomic mass is 9.80. The number of carbonyl (C=O) groups excluding carboxylic acids is 5. The van der Waals surface area contributed by atoms with Crippen LogP contribution in [-0.2, 0) is 53.9 Å². The van der Waals surface area contributed by atoms with E-state index in [4.69, 9.17) is 14.5 Å². The number of esters is 2. The number of cyclic esters (lactones) is 1. The average Bonchev–Trinajstić information content (AvgIpc) is 3.73. The first-order chi connectivity index (χ1) is 27.4. The van der Waals surface area contributed by atoms with Gasteiger partial charge in [0, 0.05) is 41.9 Å². The van der Waals surface area contributed by atoms with Crippen LogP contribution in [0, 0.1) is 23.7 Å². The molecule has 5 aliphatic rings. The largest absolute Gasteiger partial charge is 0.458 e. The van der Waals surface area contributed by atoms with Crippen molar-refractivity contribution in [3.63, 3.8) is 0 Å². The van der Waals surface area contributed by atoms with E-state index >= 15 is 0 Å². The van der Waals surface area contributed by atoms with Gasteiger partial charge in [0.25, 0.3) is 5.56 Å². The summed E-state index contributed by atoms with van der Waals surface area (Å²) in [7, 11) is 0. The highest BCUT2D eigenvalue weighted by atomic mass is 32.2. The van der Waals surface area contributed by atoms with Gasteiger partial charge in [-0.3, -0.25) is 28.9 Å². The van der Waals surface area contributed by atoms with Gasteiger partial charge in [-0.25, -0.2) is 9.78 Å².